The first-order chi connectivity index (χ1) is 9.19. The summed E-state index contributed by atoms with van der Waals surface area (Å²) in [7, 11) is 0. The van der Waals surface area contributed by atoms with Crippen LogP contribution in [0.2, 0.25) is 0 Å². The highest BCUT2D eigenvalue weighted by Crippen LogP contribution is 2.29. The van der Waals surface area contributed by atoms with E-state index in [1.807, 2.05) is 18.2 Å². The number of benzene rings is 1. The summed E-state index contributed by atoms with van der Waals surface area (Å²) in [5.74, 6) is 1.74. The van der Waals surface area contributed by atoms with Crippen molar-refractivity contribution in [2.24, 2.45) is 11.8 Å². The Morgan fingerprint density at radius 1 is 1.26 bits per heavy atom. The number of nitrogens with one attached hydrogen (secondary N) is 1. The van der Waals surface area contributed by atoms with E-state index in [2.05, 4.69) is 31.3 Å². The average molecular weight is 256 g/mol. The van der Waals surface area contributed by atoms with Crippen LogP contribution in [0, 0.1) is 23.2 Å². The normalized spacial score (nSPS) is 23.3. The molecule has 19 heavy (non-hydrogen) atoms. The van der Waals surface area contributed by atoms with Gasteiger partial charge in [0, 0.05) is 12.6 Å². The molecule has 102 valence electrons. The fourth-order valence-electron chi connectivity index (χ4n) is 3.00. The third-order valence-corrected chi connectivity index (χ3v) is 4.37. The standard InChI is InChI=1S/C17H24N2/c1-13(2)16-6-8-17(9-7-16)19-12-15-5-3-4-14(10-15)11-18/h3-5,10,13,16-17,19H,6-9,12H2,1-2H3. The van der Waals surface area contributed by atoms with Gasteiger partial charge < -0.3 is 5.32 Å². The van der Waals surface area contributed by atoms with Gasteiger partial charge >= 0.3 is 0 Å². The molecule has 1 fully saturated rings. The van der Waals surface area contributed by atoms with Crippen molar-refractivity contribution in [2.75, 3.05) is 0 Å². The first kappa shape index (κ1) is 14.1. The summed E-state index contributed by atoms with van der Waals surface area (Å²) < 4.78 is 0. The van der Waals surface area contributed by atoms with Gasteiger partial charge in [0.15, 0.2) is 0 Å². The van der Waals surface area contributed by atoms with E-state index in [9.17, 15) is 0 Å². The van der Waals surface area contributed by atoms with Crippen molar-refractivity contribution in [2.45, 2.75) is 52.1 Å². The van der Waals surface area contributed by atoms with Crippen LogP contribution in [0.1, 0.15) is 50.7 Å². The quantitative estimate of drug-likeness (QED) is 0.888. The molecule has 0 radical (unpaired) electrons. The van der Waals surface area contributed by atoms with E-state index in [1.54, 1.807) is 0 Å². The number of hydrogen-bond donors (Lipinski definition) is 1. The molecular weight excluding hydrogens is 232 g/mol. The topological polar surface area (TPSA) is 35.8 Å². The Morgan fingerprint density at radius 2 is 2.00 bits per heavy atom. The minimum absolute atomic E-state index is 0.653. The van der Waals surface area contributed by atoms with E-state index in [0.717, 1.165) is 23.9 Å². The van der Waals surface area contributed by atoms with Crippen LogP contribution in [0.25, 0.3) is 0 Å². The lowest BCUT2D eigenvalue weighted by molar-refractivity contribution is 0.238. The van der Waals surface area contributed by atoms with Crippen molar-refractivity contribution in [3.63, 3.8) is 0 Å². The van der Waals surface area contributed by atoms with Gasteiger partial charge in [0.2, 0.25) is 0 Å². The molecule has 1 N–H and O–H groups in total. The summed E-state index contributed by atoms with van der Waals surface area (Å²) in [6.45, 7) is 5.56. The molecule has 0 aromatic heterocycles. The molecule has 0 aliphatic heterocycles. The van der Waals surface area contributed by atoms with E-state index >= 15 is 0 Å². The van der Waals surface area contributed by atoms with Crippen LogP contribution >= 0.6 is 0 Å². The van der Waals surface area contributed by atoms with Crippen LogP contribution in [0.5, 0.6) is 0 Å². The van der Waals surface area contributed by atoms with Crippen LogP contribution in [0.15, 0.2) is 24.3 Å². The average Bonchev–Trinajstić information content (AvgIpc) is 2.46. The van der Waals surface area contributed by atoms with Crippen LogP contribution in [0.3, 0.4) is 0 Å². The van der Waals surface area contributed by atoms with Gasteiger partial charge in [-0.3, -0.25) is 0 Å². The fourth-order valence-corrected chi connectivity index (χ4v) is 3.00. The Kier molecular flexibility index (Phi) is 4.99. The van der Waals surface area contributed by atoms with Crippen molar-refractivity contribution >= 4 is 0 Å². The predicted molar refractivity (Wildman–Crippen MR) is 78.6 cm³/mol. The van der Waals surface area contributed by atoms with E-state index in [0.29, 0.717) is 6.04 Å². The van der Waals surface area contributed by atoms with Gasteiger partial charge in [0.1, 0.15) is 0 Å². The lowest BCUT2D eigenvalue weighted by Crippen LogP contribution is -2.33. The number of nitrogens with zero attached hydrogens (tertiary/aromatic N) is 1. The van der Waals surface area contributed by atoms with Gasteiger partial charge in [-0.25, -0.2) is 0 Å². The van der Waals surface area contributed by atoms with Gasteiger partial charge in [-0.1, -0.05) is 26.0 Å². The molecule has 0 saturated heterocycles. The Morgan fingerprint density at radius 3 is 2.63 bits per heavy atom. The molecule has 0 unspecified atom stereocenters. The molecule has 0 spiro atoms. The lowest BCUT2D eigenvalue weighted by Gasteiger charge is -2.31. The van der Waals surface area contributed by atoms with Gasteiger partial charge in [-0.05, 0) is 55.2 Å². The zero-order valence-electron chi connectivity index (χ0n) is 12.0. The van der Waals surface area contributed by atoms with Crippen molar-refractivity contribution in [3.05, 3.63) is 35.4 Å². The summed E-state index contributed by atoms with van der Waals surface area (Å²) in [4.78, 5) is 0. The van der Waals surface area contributed by atoms with Gasteiger partial charge in [0.05, 0.1) is 11.6 Å². The Balaban J connectivity index is 1.79. The van der Waals surface area contributed by atoms with E-state index in [4.69, 9.17) is 5.26 Å². The summed E-state index contributed by atoms with van der Waals surface area (Å²) in [6, 6.07) is 10.7. The lowest BCUT2D eigenvalue weighted by atomic mass is 9.80. The summed E-state index contributed by atoms with van der Waals surface area (Å²) in [6.07, 6.45) is 5.29. The molecule has 1 aliphatic rings. The van der Waals surface area contributed by atoms with Gasteiger partial charge in [0.25, 0.3) is 0 Å². The zero-order valence-corrected chi connectivity index (χ0v) is 12.0. The maximum Gasteiger partial charge on any atom is 0.0991 e. The van der Waals surface area contributed by atoms with Gasteiger partial charge in [-0.2, -0.15) is 5.26 Å². The monoisotopic (exact) mass is 256 g/mol. The second-order valence-electron chi connectivity index (χ2n) is 6.05. The first-order valence-electron chi connectivity index (χ1n) is 7.41. The highest BCUT2D eigenvalue weighted by Gasteiger charge is 2.22. The van der Waals surface area contributed by atoms with Crippen molar-refractivity contribution < 1.29 is 0 Å². The first-order valence-corrected chi connectivity index (χ1v) is 7.41. The Hall–Kier alpha value is -1.33. The van der Waals surface area contributed by atoms with Crippen molar-refractivity contribution in [3.8, 4) is 6.07 Å². The summed E-state index contributed by atoms with van der Waals surface area (Å²) in [5.41, 5.74) is 1.97. The molecule has 1 aromatic carbocycles. The van der Waals surface area contributed by atoms with E-state index in [-0.39, 0.29) is 0 Å². The molecule has 1 aliphatic carbocycles. The predicted octanol–water partition coefficient (Wildman–Crippen LogP) is 3.86. The second-order valence-corrected chi connectivity index (χ2v) is 6.05. The zero-order chi connectivity index (χ0) is 13.7. The van der Waals surface area contributed by atoms with E-state index in [1.165, 1.54) is 31.2 Å². The largest absolute Gasteiger partial charge is 0.310 e. The van der Waals surface area contributed by atoms with Crippen LogP contribution < -0.4 is 5.32 Å². The fraction of sp³-hybridized carbons (Fsp3) is 0.588. The number of hydrogen-bond acceptors (Lipinski definition) is 2. The van der Waals surface area contributed by atoms with E-state index < -0.39 is 0 Å². The molecule has 0 atom stereocenters. The van der Waals surface area contributed by atoms with Crippen molar-refractivity contribution in [1.29, 1.82) is 5.26 Å². The molecule has 2 nitrogen and oxygen atoms in total. The minimum Gasteiger partial charge on any atom is -0.310 e. The van der Waals surface area contributed by atoms with Crippen LogP contribution in [-0.2, 0) is 6.54 Å². The third kappa shape index (κ3) is 4.08. The highest BCUT2D eigenvalue weighted by atomic mass is 14.9. The molecule has 0 heterocycles. The maximum atomic E-state index is 8.89. The van der Waals surface area contributed by atoms with Crippen LogP contribution in [0.4, 0.5) is 0 Å². The van der Waals surface area contributed by atoms with Gasteiger partial charge in [-0.15, -0.1) is 0 Å². The maximum absolute atomic E-state index is 8.89. The molecule has 2 heteroatoms. The molecule has 0 amide bonds. The summed E-state index contributed by atoms with van der Waals surface area (Å²) in [5, 5.41) is 12.5. The Labute approximate surface area is 116 Å². The summed E-state index contributed by atoms with van der Waals surface area (Å²) >= 11 is 0. The Bertz CT molecular complexity index is 437. The number of nitriles is 1. The molecule has 1 saturated carbocycles. The SMILES string of the molecule is CC(C)C1CCC(NCc2cccc(C#N)c2)CC1. The van der Waals surface area contributed by atoms with Crippen molar-refractivity contribution in [1.82, 2.24) is 5.32 Å². The molecule has 1 aromatic rings. The molecule has 0 bridgehead atoms. The molecule has 2 rings (SSSR count). The highest BCUT2D eigenvalue weighted by molar-refractivity contribution is 5.32. The third-order valence-electron chi connectivity index (χ3n) is 4.37. The minimum atomic E-state index is 0.653. The smallest absolute Gasteiger partial charge is 0.0991 e. The second kappa shape index (κ2) is 6.73. The number of rotatable bonds is 4. The molecular formula is C17H24N2. The van der Waals surface area contributed by atoms with Crippen LogP contribution in [-0.4, -0.2) is 6.04 Å².